The number of fused-ring (bicyclic) bond motifs is 13. The molecule has 0 radical (unpaired) electrons. The van der Waals surface area contributed by atoms with E-state index in [4.69, 9.17) is 0 Å². The summed E-state index contributed by atoms with van der Waals surface area (Å²) in [5.41, 5.74) is 21.7. The van der Waals surface area contributed by atoms with Crippen molar-refractivity contribution >= 4 is 49.6 Å². The molecule has 1 aliphatic heterocycles. The highest BCUT2D eigenvalue weighted by Gasteiger charge is 2.51. The van der Waals surface area contributed by atoms with E-state index in [2.05, 4.69) is 264 Å². The molecule has 2 aliphatic rings. The summed E-state index contributed by atoms with van der Waals surface area (Å²) in [6.07, 6.45) is 0. The summed E-state index contributed by atoms with van der Waals surface area (Å²) in [4.78, 5) is 2.41. The van der Waals surface area contributed by atoms with Crippen LogP contribution in [0.15, 0.2) is 255 Å². The first kappa shape index (κ1) is 37.6. The fourth-order valence-corrected chi connectivity index (χ4v) is 11.7. The summed E-state index contributed by atoms with van der Waals surface area (Å²) in [6, 6.07) is 94.3. The van der Waals surface area contributed by atoms with Crippen LogP contribution in [-0.4, -0.2) is 4.57 Å². The lowest BCUT2D eigenvalue weighted by atomic mass is 9.65. The van der Waals surface area contributed by atoms with Crippen molar-refractivity contribution < 1.29 is 0 Å². The maximum Gasteiger partial charge on any atom is 0.0754 e. The average Bonchev–Trinajstić information content (AvgIpc) is 3.90. The number of hydrogen-bond acceptors (Lipinski definition) is 1. The third-order valence-corrected chi connectivity index (χ3v) is 14.6. The number of benzene rings is 11. The second kappa shape index (κ2) is 14.7. The summed E-state index contributed by atoms with van der Waals surface area (Å²) in [5, 5.41) is 5.01. The smallest absolute Gasteiger partial charge is 0.0754 e. The SMILES string of the molecule is c1ccc(-c2ccc(-c3ccc(N(c4cccc(-c5cccc6c5-c5ccccc5C65c6ccccc6-n6c7ccccc7c7cccc5c76)c4)c4ccc5ccccc5c4)cc3)cc2)cc1. The van der Waals surface area contributed by atoms with Crippen molar-refractivity contribution in [1.29, 1.82) is 0 Å². The molecule has 1 aliphatic carbocycles. The molecule has 1 atom stereocenters. The monoisotopic (exact) mass is 850 g/mol. The van der Waals surface area contributed by atoms with Crippen LogP contribution in [0.1, 0.15) is 22.3 Å². The topological polar surface area (TPSA) is 8.17 Å². The van der Waals surface area contributed by atoms with Gasteiger partial charge in [-0.3, -0.25) is 0 Å². The summed E-state index contributed by atoms with van der Waals surface area (Å²) in [5.74, 6) is 0. The first-order valence-electron chi connectivity index (χ1n) is 23.3. The minimum Gasteiger partial charge on any atom is -0.310 e. The summed E-state index contributed by atoms with van der Waals surface area (Å²) in [7, 11) is 0. The summed E-state index contributed by atoms with van der Waals surface area (Å²) in [6.45, 7) is 0. The van der Waals surface area contributed by atoms with Crippen LogP contribution in [0.3, 0.4) is 0 Å². The molecular weight excluding hydrogens is 809 g/mol. The van der Waals surface area contributed by atoms with Gasteiger partial charge in [0.15, 0.2) is 0 Å². The predicted octanol–water partition coefficient (Wildman–Crippen LogP) is 17.1. The highest BCUT2D eigenvalue weighted by molar-refractivity contribution is 6.13. The van der Waals surface area contributed by atoms with Crippen LogP contribution < -0.4 is 4.90 Å². The number of hydrogen-bond donors (Lipinski definition) is 0. The number of rotatable bonds is 6. The van der Waals surface area contributed by atoms with Gasteiger partial charge in [-0.2, -0.15) is 0 Å². The van der Waals surface area contributed by atoms with E-state index in [-0.39, 0.29) is 0 Å². The third kappa shape index (κ3) is 5.51. The van der Waals surface area contributed by atoms with Gasteiger partial charge < -0.3 is 9.47 Å². The minimum atomic E-state index is -0.513. The molecule has 12 aromatic rings. The Labute approximate surface area is 389 Å². The third-order valence-electron chi connectivity index (χ3n) is 14.6. The number of para-hydroxylation sites is 3. The molecule has 67 heavy (non-hydrogen) atoms. The van der Waals surface area contributed by atoms with Gasteiger partial charge in [-0.25, -0.2) is 0 Å². The molecular formula is C65H42N2. The highest BCUT2D eigenvalue weighted by Crippen LogP contribution is 2.62. The van der Waals surface area contributed by atoms with Crippen LogP contribution in [0.25, 0.3) is 82.8 Å². The molecule has 0 N–H and O–H groups in total. The molecule has 2 heteroatoms. The molecule has 2 nitrogen and oxygen atoms in total. The summed E-state index contributed by atoms with van der Waals surface area (Å²) < 4.78 is 2.52. The zero-order valence-corrected chi connectivity index (χ0v) is 36.6. The maximum absolute atomic E-state index is 2.52. The molecule has 0 saturated heterocycles. The van der Waals surface area contributed by atoms with Crippen molar-refractivity contribution in [2.24, 2.45) is 0 Å². The first-order valence-corrected chi connectivity index (χ1v) is 23.3. The molecule has 0 fully saturated rings. The lowest BCUT2D eigenvalue weighted by Gasteiger charge is -2.39. The Balaban J connectivity index is 0.937. The van der Waals surface area contributed by atoms with Gasteiger partial charge in [0.1, 0.15) is 0 Å². The van der Waals surface area contributed by atoms with E-state index in [0.717, 1.165) is 17.1 Å². The zero-order chi connectivity index (χ0) is 44.1. The fourth-order valence-electron chi connectivity index (χ4n) is 11.7. The van der Waals surface area contributed by atoms with Crippen molar-refractivity contribution in [3.05, 3.63) is 277 Å². The van der Waals surface area contributed by atoms with Crippen molar-refractivity contribution in [2.45, 2.75) is 5.41 Å². The lowest BCUT2D eigenvalue weighted by Crippen LogP contribution is -2.33. The molecule has 0 bridgehead atoms. The molecule has 1 spiro atoms. The van der Waals surface area contributed by atoms with Crippen LogP contribution in [0.2, 0.25) is 0 Å². The van der Waals surface area contributed by atoms with Crippen LogP contribution in [0.5, 0.6) is 0 Å². The lowest BCUT2D eigenvalue weighted by molar-refractivity contribution is 0.748. The van der Waals surface area contributed by atoms with Crippen LogP contribution in [0.4, 0.5) is 17.1 Å². The van der Waals surface area contributed by atoms with Gasteiger partial charge >= 0.3 is 0 Å². The quantitative estimate of drug-likeness (QED) is 0.162. The van der Waals surface area contributed by atoms with Crippen molar-refractivity contribution in [2.75, 3.05) is 4.90 Å². The van der Waals surface area contributed by atoms with Crippen molar-refractivity contribution in [1.82, 2.24) is 4.57 Å². The molecule has 11 aromatic carbocycles. The Kier molecular flexibility index (Phi) is 8.23. The predicted molar refractivity (Wildman–Crippen MR) is 280 cm³/mol. The molecule has 14 rings (SSSR count). The van der Waals surface area contributed by atoms with Crippen LogP contribution in [0, 0.1) is 0 Å². The van der Waals surface area contributed by atoms with E-state index in [0.29, 0.717) is 0 Å². The molecule has 1 aromatic heterocycles. The summed E-state index contributed by atoms with van der Waals surface area (Å²) >= 11 is 0. The van der Waals surface area contributed by atoms with Crippen molar-refractivity contribution in [3.8, 4) is 50.2 Å². The Morgan fingerprint density at radius 2 is 0.866 bits per heavy atom. The largest absolute Gasteiger partial charge is 0.310 e. The Morgan fingerprint density at radius 3 is 1.70 bits per heavy atom. The Bertz CT molecular complexity index is 3920. The second-order valence-electron chi connectivity index (χ2n) is 18.0. The molecule has 0 saturated carbocycles. The zero-order valence-electron chi connectivity index (χ0n) is 36.6. The number of aromatic nitrogens is 1. The number of anilines is 3. The van der Waals surface area contributed by atoms with E-state index in [1.165, 1.54) is 105 Å². The fraction of sp³-hybridized carbons (Fsp3) is 0.0154. The van der Waals surface area contributed by atoms with Gasteiger partial charge in [0.25, 0.3) is 0 Å². The van der Waals surface area contributed by atoms with Gasteiger partial charge in [0.2, 0.25) is 0 Å². The molecule has 0 amide bonds. The molecule has 1 unspecified atom stereocenters. The van der Waals surface area contributed by atoms with E-state index in [1.54, 1.807) is 0 Å². The second-order valence-corrected chi connectivity index (χ2v) is 18.0. The van der Waals surface area contributed by atoms with Gasteiger partial charge in [-0.15, -0.1) is 0 Å². The highest BCUT2D eigenvalue weighted by atomic mass is 15.1. The maximum atomic E-state index is 2.52. The normalized spacial score (nSPS) is 14.3. The minimum absolute atomic E-state index is 0.513. The molecule has 312 valence electrons. The van der Waals surface area contributed by atoms with E-state index >= 15 is 0 Å². The van der Waals surface area contributed by atoms with E-state index in [1.807, 2.05) is 0 Å². The molecule has 2 heterocycles. The Morgan fingerprint density at radius 1 is 0.313 bits per heavy atom. The Hall–Kier alpha value is -8.72. The van der Waals surface area contributed by atoms with Gasteiger partial charge in [0, 0.05) is 27.8 Å². The number of nitrogens with zero attached hydrogens (tertiary/aromatic N) is 2. The van der Waals surface area contributed by atoms with Gasteiger partial charge in [-0.05, 0) is 126 Å². The van der Waals surface area contributed by atoms with Crippen LogP contribution >= 0.6 is 0 Å². The average molecular weight is 851 g/mol. The first-order chi connectivity index (χ1) is 33.2. The standard InChI is InChI=1S/C65H42N2/c1-2-15-43(16-3-1)45-31-33-46(34-32-45)47-35-38-50(39-36-47)66(52-40-37-44-17-4-5-18-48(44)41-52)51-20-12-19-49(42-51)53-23-13-27-59-63(53)56-22-6-8-25-57(56)65(59)58-26-9-11-30-62(58)67-61-29-10-7-21-54(61)55-24-14-28-60(65)64(55)67/h1-42H. The van der Waals surface area contributed by atoms with E-state index < -0.39 is 5.41 Å². The van der Waals surface area contributed by atoms with Gasteiger partial charge in [0.05, 0.1) is 22.1 Å². The van der Waals surface area contributed by atoms with E-state index in [9.17, 15) is 0 Å². The van der Waals surface area contributed by atoms with Crippen molar-refractivity contribution in [3.63, 3.8) is 0 Å². The van der Waals surface area contributed by atoms with Crippen LogP contribution in [-0.2, 0) is 5.41 Å². The van der Waals surface area contributed by atoms with Gasteiger partial charge in [-0.1, -0.05) is 206 Å².